The summed E-state index contributed by atoms with van der Waals surface area (Å²) in [6.07, 6.45) is 1.74. The number of thiazole rings is 1. The summed E-state index contributed by atoms with van der Waals surface area (Å²) in [5.74, 6) is -1.05. The van der Waals surface area contributed by atoms with Crippen LogP contribution in [0.2, 0.25) is 0 Å². The first-order valence-electron chi connectivity index (χ1n) is 6.61. The zero-order valence-corrected chi connectivity index (χ0v) is 13.4. The van der Waals surface area contributed by atoms with E-state index in [9.17, 15) is 4.79 Å². The third kappa shape index (κ3) is 3.18. The van der Waals surface area contributed by atoms with Crippen molar-refractivity contribution in [3.05, 3.63) is 21.6 Å². The van der Waals surface area contributed by atoms with E-state index in [0.29, 0.717) is 5.01 Å². The first-order chi connectivity index (χ1) is 9.66. The first-order valence-corrected chi connectivity index (χ1v) is 7.49. The molecule has 8 heteroatoms. The molecule has 0 bridgehead atoms. The van der Waals surface area contributed by atoms with E-state index in [1.165, 1.54) is 16.7 Å². The van der Waals surface area contributed by atoms with E-state index < -0.39 is 24.3 Å². The van der Waals surface area contributed by atoms with Gasteiger partial charge in [0.15, 0.2) is 5.69 Å². The molecule has 2 heterocycles. The summed E-state index contributed by atoms with van der Waals surface area (Å²) in [6, 6.07) is 0. The Balaban J connectivity index is 2.24. The number of carbonyl (C=O) groups is 1. The average Bonchev–Trinajstić information content (AvgIpc) is 2.90. The zero-order chi connectivity index (χ0) is 15.8. The lowest BCUT2D eigenvalue weighted by molar-refractivity contribution is 0.00578. The summed E-state index contributed by atoms with van der Waals surface area (Å²) in [7, 11) is -0.544. The standard InChI is InChI=1S/C13H19BN2O4S/c1-12(2)13(3,4)20-14(19-12)8(6-15)5-10-16-9(7-21-10)11(17)18/h5,7H,6,15H2,1-4H3,(H,17,18). The van der Waals surface area contributed by atoms with Crippen LogP contribution in [0.5, 0.6) is 0 Å². The molecule has 1 saturated heterocycles. The minimum atomic E-state index is -1.05. The Morgan fingerprint density at radius 2 is 2.00 bits per heavy atom. The Hall–Kier alpha value is -1.22. The molecule has 1 aliphatic heterocycles. The normalized spacial score (nSPS) is 20.8. The first kappa shape index (κ1) is 16.2. The fourth-order valence-electron chi connectivity index (χ4n) is 1.83. The summed E-state index contributed by atoms with van der Waals surface area (Å²) in [5.41, 5.74) is 5.65. The Labute approximate surface area is 128 Å². The van der Waals surface area contributed by atoms with Gasteiger partial charge in [-0.3, -0.25) is 0 Å². The van der Waals surface area contributed by atoms with E-state index in [4.69, 9.17) is 20.1 Å². The summed E-state index contributed by atoms with van der Waals surface area (Å²) < 4.78 is 11.9. The van der Waals surface area contributed by atoms with Gasteiger partial charge in [0.05, 0.1) is 11.2 Å². The molecule has 1 fully saturated rings. The molecule has 114 valence electrons. The Bertz CT molecular complexity index is 566. The summed E-state index contributed by atoms with van der Waals surface area (Å²) in [4.78, 5) is 14.9. The molecule has 0 aromatic carbocycles. The topological polar surface area (TPSA) is 94.7 Å². The van der Waals surface area contributed by atoms with Crippen molar-refractivity contribution in [3.8, 4) is 0 Å². The molecule has 2 rings (SSSR count). The SMILES string of the molecule is CC1(C)OB(C(=Cc2nc(C(=O)O)cs2)CN)OC1(C)C. The molecular weight excluding hydrogens is 291 g/mol. The summed E-state index contributed by atoms with van der Waals surface area (Å²) in [6.45, 7) is 8.11. The summed E-state index contributed by atoms with van der Waals surface area (Å²) >= 11 is 1.25. The van der Waals surface area contributed by atoms with Gasteiger partial charge in [-0.05, 0) is 39.2 Å². The molecule has 0 amide bonds. The molecule has 0 aliphatic carbocycles. The predicted octanol–water partition coefficient (Wildman–Crippen LogP) is 1.81. The quantitative estimate of drug-likeness (QED) is 0.824. The maximum Gasteiger partial charge on any atom is 0.491 e. The number of hydrogen-bond donors (Lipinski definition) is 2. The molecule has 0 atom stereocenters. The number of nitrogens with two attached hydrogens (primary N) is 1. The van der Waals surface area contributed by atoms with Crippen molar-refractivity contribution in [2.45, 2.75) is 38.9 Å². The van der Waals surface area contributed by atoms with Gasteiger partial charge in [-0.1, -0.05) is 0 Å². The molecule has 1 aromatic heterocycles. The van der Waals surface area contributed by atoms with Crippen molar-refractivity contribution in [1.82, 2.24) is 4.98 Å². The van der Waals surface area contributed by atoms with Gasteiger partial charge in [0.1, 0.15) is 5.01 Å². The van der Waals surface area contributed by atoms with Crippen molar-refractivity contribution in [2.75, 3.05) is 6.54 Å². The lowest BCUT2D eigenvalue weighted by Gasteiger charge is -2.32. The van der Waals surface area contributed by atoms with Crippen LogP contribution < -0.4 is 5.73 Å². The zero-order valence-electron chi connectivity index (χ0n) is 12.5. The molecule has 1 aromatic rings. The highest BCUT2D eigenvalue weighted by atomic mass is 32.1. The highest BCUT2D eigenvalue weighted by molar-refractivity contribution is 7.10. The number of nitrogens with zero attached hydrogens (tertiary/aromatic N) is 1. The van der Waals surface area contributed by atoms with Crippen LogP contribution in [0.3, 0.4) is 0 Å². The van der Waals surface area contributed by atoms with Gasteiger partial charge in [0.2, 0.25) is 0 Å². The van der Waals surface area contributed by atoms with E-state index in [-0.39, 0.29) is 12.2 Å². The molecule has 0 spiro atoms. The van der Waals surface area contributed by atoms with Crippen molar-refractivity contribution < 1.29 is 19.2 Å². The highest BCUT2D eigenvalue weighted by Gasteiger charge is 2.52. The molecule has 6 nitrogen and oxygen atoms in total. The van der Waals surface area contributed by atoms with Crippen molar-refractivity contribution >= 4 is 30.5 Å². The van der Waals surface area contributed by atoms with Gasteiger partial charge in [-0.15, -0.1) is 11.3 Å². The van der Waals surface area contributed by atoms with Gasteiger partial charge in [-0.25, -0.2) is 9.78 Å². The molecule has 21 heavy (non-hydrogen) atoms. The number of carboxylic acids is 1. The number of aromatic carboxylic acids is 1. The van der Waals surface area contributed by atoms with Crippen LogP contribution >= 0.6 is 11.3 Å². The van der Waals surface area contributed by atoms with Crippen molar-refractivity contribution in [2.24, 2.45) is 5.73 Å². The van der Waals surface area contributed by atoms with Crippen molar-refractivity contribution in [1.29, 1.82) is 0 Å². The smallest absolute Gasteiger partial charge is 0.476 e. The second kappa shape index (κ2) is 5.53. The monoisotopic (exact) mass is 310 g/mol. The third-order valence-electron chi connectivity index (χ3n) is 3.84. The maximum absolute atomic E-state index is 10.8. The average molecular weight is 310 g/mol. The second-order valence-electron chi connectivity index (χ2n) is 5.89. The Morgan fingerprint density at radius 3 is 2.43 bits per heavy atom. The molecule has 0 saturated carbocycles. The van der Waals surface area contributed by atoms with E-state index in [0.717, 1.165) is 5.47 Å². The molecular formula is C13H19BN2O4S. The van der Waals surface area contributed by atoms with Crippen LogP contribution in [0.25, 0.3) is 6.08 Å². The fourth-order valence-corrected chi connectivity index (χ4v) is 2.58. The lowest BCUT2D eigenvalue weighted by Crippen LogP contribution is -2.41. The lowest BCUT2D eigenvalue weighted by atomic mass is 9.78. The van der Waals surface area contributed by atoms with Gasteiger partial charge >= 0.3 is 13.1 Å². The second-order valence-corrected chi connectivity index (χ2v) is 6.78. The molecule has 3 N–H and O–H groups in total. The van der Waals surface area contributed by atoms with Crippen LogP contribution in [0, 0.1) is 0 Å². The number of aromatic nitrogens is 1. The largest absolute Gasteiger partial charge is 0.491 e. The van der Waals surface area contributed by atoms with Crippen LogP contribution in [-0.4, -0.2) is 40.9 Å². The molecule has 1 aliphatic rings. The van der Waals surface area contributed by atoms with Crippen LogP contribution in [0.15, 0.2) is 10.9 Å². The Kier molecular flexibility index (Phi) is 4.25. The van der Waals surface area contributed by atoms with Gasteiger partial charge in [0, 0.05) is 11.9 Å². The van der Waals surface area contributed by atoms with Crippen LogP contribution in [0.1, 0.15) is 43.2 Å². The molecule has 0 radical (unpaired) electrons. The van der Waals surface area contributed by atoms with Gasteiger partial charge in [0.25, 0.3) is 0 Å². The summed E-state index contributed by atoms with van der Waals surface area (Å²) in [5, 5.41) is 11.0. The van der Waals surface area contributed by atoms with Crippen molar-refractivity contribution in [3.63, 3.8) is 0 Å². The van der Waals surface area contributed by atoms with Crippen LogP contribution in [-0.2, 0) is 9.31 Å². The number of hydrogen-bond acceptors (Lipinski definition) is 6. The minimum Gasteiger partial charge on any atom is -0.476 e. The van der Waals surface area contributed by atoms with E-state index in [2.05, 4.69) is 4.98 Å². The Morgan fingerprint density at radius 1 is 1.43 bits per heavy atom. The predicted molar refractivity (Wildman–Crippen MR) is 82.2 cm³/mol. The fraction of sp³-hybridized carbons (Fsp3) is 0.538. The van der Waals surface area contributed by atoms with Gasteiger partial charge < -0.3 is 20.1 Å². The van der Waals surface area contributed by atoms with E-state index >= 15 is 0 Å². The van der Waals surface area contributed by atoms with Crippen LogP contribution in [0.4, 0.5) is 0 Å². The minimum absolute atomic E-state index is 0.0246. The third-order valence-corrected chi connectivity index (χ3v) is 4.63. The number of rotatable bonds is 4. The highest BCUT2D eigenvalue weighted by Crippen LogP contribution is 2.38. The van der Waals surface area contributed by atoms with Gasteiger partial charge in [-0.2, -0.15) is 0 Å². The molecule has 0 unspecified atom stereocenters. The van der Waals surface area contributed by atoms with E-state index in [1.54, 1.807) is 6.08 Å². The maximum atomic E-state index is 10.8. The number of carboxylic acid groups (broad SMARTS) is 1. The van der Waals surface area contributed by atoms with E-state index in [1.807, 2.05) is 27.7 Å².